The van der Waals surface area contributed by atoms with Crippen molar-refractivity contribution in [2.45, 2.75) is 32.2 Å². The Kier molecular flexibility index (Phi) is 6.13. The van der Waals surface area contributed by atoms with E-state index in [1.165, 1.54) is 24.3 Å². The van der Waals surface area contributed by atoms with Crippen molar-refractivity contribution < 1.29 is 9.18 Å². The fourth-order valence-electron chi connectivity index (χ4n) is 2.89. The third-order valence-corrected chi connectivity index (χ3v) is 4.63. The van der Waals surface area contributed by atoms with Crippen LogP contribution in [0.25, 0.3) is 10.9 Å². The number of carbonyl (C=O) groups excluding carboxylic acids is 1. The Morgan fingerprint density at radius 1 is 1.07 bits per heavy atom. The molecule has 1 aromatic heterocycles. The van der Waals surface area contributed by atoms with Crippen molar-refractivity contribution >= 4 is 34.7 Å². The van der Waals surface area contributed by atoms with Crippen LogP contribution in [0.3, 0.4) is 0 Å². The van der Waals surface area contributed by atoms with Crippen LogP contribution in [0.1, 0.15) is 25.7 Å². The Morgan fingerprint density at radius 3 is 2.59 bits per heavy atom. The Hall–Kier alpha value is -2.80. The van der Waals surface area contributed by atoms with E-state index in [-0.39, 0.29) is 17.3 Å². The zero-order chi connectivity index (χ0) is 19.2. The molecule has 2 aromatic carbocycles. The number of halogens is 1. The summed E-state index contributed by atoms with van der Waals surface area (Å²) in [5, 5.41) is 3.35. The zero-order valence-corrected chi connectivity index (χ0v) is 15.5. The number of nitrogens with zero attached hydrogens (tertiary/aromatic N) is 1. The number of hydrogen-bond acceptors (Lipinski definition) is 3. The molecule has 0 spiro atoms. The molecule has 5 nitrogen and oxygen atoms in total. The second-order valence-corrected chi connectivity index (χ2v) is 6.68. The molecule has 0 saturated heterocycles. The topological polar surface area (TPSA) is 66.9 Å². The van der Waals surface area contributed by atoms with Crippen LogP contribution in [0.2, 0.25) is 0 Å². The highest BCUT2D eigenvalue weighted by molar-refractivity contribution is 7.71. The zero-order valence-electron chi connectivity index (χ0n) is 14.7. The van der Waals surface area contributed by atoms with Gasteiger partial charge in [0.05, 0.1) is 10.9 Å². The number of nitrogens with one attached hydrogen (secondary N) is 2. The highest BCUT2D eigenvalue weighted by atomic mass is 32.1. The van der Waals surface area contributed by atoms with Crippen LogP contribution < -0.4 is 10.9 Å². The van der Waals surface area contributed by atoms with E-state index in [9.17, 15) is 14.0 Å². The minimum absolute atomic E-state index is 0.0941. The second-order valence-electron chi connectivity index (χ2n) is 6.30. The van der Waals surface area contributed by atoms with Crippen LogP contribution in [0.15, 0.2) is 53.3 Å². The number of unbranched alkanes of at least 4 members (excludes halogenated alkanes) is 2. The van der Waals surface area contributed by atoms with Crippen molar-refractivity contribution in [2.24, 2.45) is 0 Å². The average molecular weight is 385 g/mol. The van der Waals surface area contributed by atoms with Crippen molar-refractivity contribution in [2.75, 3.05) is 5.32 Å². The number of anilines is 1. The maximum atomic E-state index is 12.8. The molecule has 7 heteroatoms. The summed E-state index contributed by atoms with van der Waals surface area (Å²) in [7, 11) is 0. The molecule has 3 rings (SSSR count). The smallest absolute Gasteiger partial charge is 0.262 e. The molecule has 0 saturated carbocycles. The monoisotopic (exact) mass is 385 g/mol. The molecule has 2 N–H and O–H groups in total. The van der Waals surface area contributed by atoms with Crippen LogP contribution >= 0.6 is 12.2 Å². The van der Waals surface area contributed by atoms with E-state index in [4.69, 9.17) is 12.2 Å². The molecule has 0 fully saturated rings. The molecule has 27 heavy (non-hydrogen) atoms. The van der Waals surface area contributed by atoms with E-state index in [1.807, 2.05) is 18.2 Å². The number of amides is 1. The number of carbonyl (C=O) groups is 1. The van der Waals surface area contributed by atoms with Crippen LogP contribution in [-0.2, 0) is 11.3 Å². The normalized spacial score (nSPS) is 10.9. The molecule has 0 aliphatic carbocycles. The summed E-state index contributed by atoms with van der Waals surface area (Å²) >= 11 is 5.29. The number of hydrogen-bond donors (Lipinski definition) is 2. The van der Waals surface area contributed by atoms with Crippen LogP contribution in [0.4, 0.5) is 10.1 Å². The van der Waals surface area contributed by atoms with Crippen molar-refractivity contribution in [1.29, 1.82) is 0 Å². The molecule has 1 heterocycles. The quantitative estimate of drug-likeness (QED) is 0.468. The first kappa shape index (κ1) is 19.0. The van der Waals surface area contributed by atoms with Crippen molar-refractivity contribution in [3.63, 3.8) is 0 Å². The highest BCUT2D eigenvalue weighted by Crippen LogP contribution is 2.11. The fraction of sp³-hybridized carbons (Fsp3) is 0.250. The van der Waals surface area contributed by atoms with Crippen LogP contribution in [0.5, 0.6) is 0 Å². The average Bonchev–Trinajstić information content (AvgIpc) is 2.65. The third kappa shape index (κ3) is 4.89. The molecule has 0 radical (unpaired) electrons. The largest absolute Gasteiger partial charge is 0.332 e. The molecule has 0 unspecified atom stereocenters. The standard InChI is InChI=1S/C20H20FN3O2S/c21-14-9-11-15(12-10-14)22-18(25)8-2-1-5-13-24-19(26)16-6-3-4-7-17(16)23-20(24)27/h3-4,6-7,9-12H,1-2,5,8,13H2,(H,22,25)(H,23,27). The number of aromatic nitrogens is 2. The van der Waals surface area contributed by atoms with Gasteiger partial charge >= 0.3 is 0 Å². The van der Waals surface area contributed by atoms with Crippen LogP contribution in [0, 0.1) is 10.6 Å². The Morgan fingerprint density at radius 2 is 1.81 bits per heavy atom. The molecule has 0 aliphatic rings. The first-order valence-electron chi connectivity index (χ1n) is 8.82. The van der Waals surface area contributed by atoms with Gasteiger partial charge in [0.1, 0.15) is 5.82 Å². The van der Waals surface area contributed by atoms with Gasteiger partial charge in [-0.15, -0.1) is 0 Å². The molecule has 1 amide bonds. The van der Waals surface area contributed by atoms with E-state index in [1.54, 1.807) is 10.6 Å². The lowest BCUT2D eigenvalue weighted by Gasteiger charge is -2.08. The molecule has 140 valence electrons. The lowest BCUT2D eigenvalue weighted by Crippen LogP contribution is -2.22. The summed E-state index contributed by atoms with van der Waals surface area (Å²) in [6.07, 6.45) is 2.62. The summed E-state index contributed by atoms with van der Waals surface area (Å²) in [6.45, 7) is 0.512. The Balaban J connectivity index is 1.48. The van der Waals surface area contributed by atoms with E-state index < -0.39 is 0 Å². The first-order chi connectivity index (χ1) is 13.0. The predicted molar refractivity (Wildman–Crippen MR) is 107 cm³/mol. The van der Waals surface area contributed by atoms with Gasteiger partial charge in [-0.1, -0.05) is 18.6 Å². The highest BCUT2D eigenvalue weighted by Gasteiger charge is 2.06. The van der Waals surface area contributed by atoms with Crippen molar-refractivity contribution in [3.05, 3.63) is 69.5 Å². The Bertz CT molecular complexity index is 1060. The minimum atomic E-state index is -0.338. The molecular formula is C20H20FN3O2S. The lowest BCUT2D eigenvalue weighted by atomic mass is 10.2. The lowest BCUT2D eigenvalue weighted by molar-refractivity contribution is -0.116. The molecule has 0 aliphatic heterocycles. The molecule has 0 bridgehead atoms. The number of para-hydroxylation sites is 1. The summed E-state index contributed by atoms with van der Waals surface area (Å²) in [5.74, 6) is -0.447. The maximum Gasteiger partial charge on any atom is 0.262 e. The van der Waals surface area contributed by atoms with Gasteiger partial charge in [0.2, 0.25) is 5.91 Å². The minimum Gasteiger partial charge on any atom is -0.332 e. The summed E-state index contributed by atoms with van der Waals surface area (Å²) in [6, 6.07) is 13.0. The summed E-state index contributed by atoms with van der Waals surface area (Å²) in [5.41, 5.74) is 1.22. The van der Waals surface area contributed by atoms with Gasteiger partial charge in [-0.25, -0.2) is 4.39 Å². The van der Waals surface area contributed by atoms with Crippen molar-refractivity contribution in [1.82, 2.24) is 9.55 Å². The maximum absolute atomic E-state index is 12.8. The van der Waals surface area contributed by atoms with Gasteiger partial charge < -0.3 is 10.3 Å². The fourth-order valence-corrected chi connectivity index (χ4v) is 3.18. The number of rotatable bonds is 7. The van der Waals surface area contributed by atoms with E-state index in [0.29, 0.717) is 35.2 Å². The third-order valence-electron chi connectivity index (χ3n) is 4.30. The van der Waals surface area contributed by atoms with Gasteiger partial charge in [0.25, 0.3) is 5.56 Å². The van der Waals surface area contributed by atoms with E-state index in [2.05, 4.69) is 10.3 Å². The summed E-state index contributed by atoms with van der Waals surface area (Å²) in [4.78, 5) is 27.5. The molecule has 3 aromatic rings. The van der Waals surface area contributed by atoms with E-state index >= 15 is 0 Å². The first-order valence-corrected chi connectivity index (χ1v) is 9.23. The van der Waals surface area contributed by atoms with Gasteiger partial charge in [-0.2, -0.15) is 0 Å². The predicted octanol–water partition coefficient (Wildman–Crippen LogP) is 4.40. The molecule has 0 atom stereocenters. The Labute approximate surface area is 160 Å². The number of fused-ring (bicyclic) bond motifs is 1. The number of benzene rings is 2. The molecular weight excluding hydrogens is 365 g/mol. The summed E-state index contributed by atoms with van der Waals surface area (Å²) < 4.78 is 14.8. The van der Waals surface area contributed by atoms with Gasteiger partial charge in [-0.3, -0.25) is 14.2 Å². The van der Waals surface area contributed by atoms with Gasteiger partial charge in [-0.05, 0) is 61.5 Å². The number of H-pyrrole nitrogens is 1. The number of aromatic amines is 1. The van der Waals surface area contributed by atoms with E-state index in [0.717, 1.165) is 18.4 Å². The SMILES string of the molecule is O=C(CCCCCn1c(=S)[nH]c2ccccc2c1=O)Nc1ccc(F)cc1. The van der Waals surface area contributed by atoms with Gasteiger partial charge in [0.15, 0.2) is 4.77 Å². The van der Waals surface area contributed by atoms with Crippen LogP contribution in [-0.4, -0.2) is 15.5 Å². The second kappa shape index (κ2) is 8.73. The van der Waals surface area contributed by atoms with Crippen molar-refractivity contribution in [3.8, 4) is 0 Å². The van der Waals surface area contributed by atoms with Gasteiger partial charge in [0, 0.05) is 18.7 Å².